The highest BCUT2D eigenvalue weighted by atomic mass is 35.5. The number of fused-ring (bicyclic) bond motifs is 1. The summed E-state index contributed by atoms with van der Waals surface area (Å²) in [4.78, 5) is 12.5. The van der Waals surface area contributed by atoms with Crippen LogP contribution in [0.5, 0.6) is 17.2 Å². The average Bonchev–Trinajstić information content (AvgIpc) is 3.18. The van der Waals surface area contributed by atoms with Crippen molar-refractivity contribution in [1.82, 2.24) is 0 Å². The molecule has 0 saturated heterocycles. The lowest BCUT2D eigenvalue weighted by atomic mass is 10.1. The summed E-state index contributed by atoms with van der Waals surface area (Å²) in [6.07, 6.45) is 0. The first-order valence-electron chi connectivity index (χ1n) is 8.65. The molecule has 1 aliphatic rings. The zero-order valence-corrected chi connectivity index (χ0v) is 16.8. The van der Waals surface area contributed by atoms with Crippen molar-refractivity contribution >= 4 is 38.9 Å². The molecule has 0 fully saturated rings. The lowest BCUT2D eigenvalue weighted by molar-refractivity contribution is 0.102. The second kappa shape index (κ2) is 7.77. The van der Waals surface area contributed by atoms with Gasteiger partial charge in [0.05, 0.1) is 21.8 Å². The van der Waals surface area contributed by atoms with E-state index in [0.717, 1.165) is 6.07 Å². The first-order chi connectivity index (χ1) is 14.3. The van der Waals surface area contributed by atoms with Crippen molar-refractivity contribution in [3.63, 3.8) is 0 Å². The molecule has 30 heavy (non-hydrogen) atoms. The standard InChI is InChI=1S/C20H15ClN2O6S/c21-12-3-1-4-13(9-12)23-30(26,27)14-7-8-17(24)16(10-14)22-20(25)15-5-2-6-18-19(15)29-11-28-18/h1-10,23-24H,11H2,(H,22,25). The van der Waals surface area contributed by atoms with Crippen LogP contribution in [-0.2, 0) is 10.0 Å². The van der Waals surface area contributed by atoms with Gasteiger partial charge in [0.25, 0.3) is 15.9 Å². The molecule has 3 aromatic rings. The van der Waals surface area contributed by atoms with Gasteiger partial charge in [0.15, 0.2) is 11.5 Å². The summed E-state index contributed by atoms with van der Waals surface area (Å²) in [7, 11) is -4.00. The summed E-state index contributed by atoms with van der Waals surface area (Å²) < 4.78 is 38.4. The number of carbonyl (C=O) groups excluding carboxylic acids is 1. The number of amides is 1. The molecule has 154 valence electrons. The minimum absolute atomic E-state index is 0.00617. The lowest BCUT2D eigenvalue weighted by Crippen LogP contribution is -2.15. The molecule has 3 aromatic carbocycles. The zero-order chi connectivity index (χ0) is 21.3. The van der Waals surface area contributed by atoms with Gasteiger partial charge in [0, 0.05) is 5.02 Å². The topological polar surface area (TPSA) is 114 Å². The van der Waals surface area contributed by atoms with E-state index in [2.05, 4.69) is 10.0 Å². The Labute approximate surface area is 177 Å². The van der Waals surface area contributed by atoms with Gasteiger partial charge in [-0.15, -0.1) is 0 Å². The average molecular weight is 447 g/mol. The van der Waals surface area contributed by atoms with Gasteiger partial charge in [-0.1, -0.05) is 23.7 Å². The number of para-hydroxylation sites is 1. The zero-order valence-electron chi connectivity index (χ0n) is 15.3. The highest BCUT2D eigenvalue weighted by Gasteiger charge is 2.23. The Balaban J connectivity index is 1.61. The maximum absolute atomic E-state index is 12.7. The van der Waals surface area contributed by atoms with Crippen molar-refractivity contribution in [3.05, 3.63) is 71.2 Å². The maximum atomic E-state index is 12.7. The SMILES string of the molecule is O=C(Nc1cc(S(=O)(=O)Nc2cccc(Cl)c2)ccc1O)c1cccc2c1OCO2. The normalized spacial score (nSPS) is 12.4. The van der Waals surface area contributed by atoms with E-state index >= 15 is 0 Å². The number of phenolic OH excluding ortho intramolecular Hbond substituents is 1. The molecular formula is C20H15ClN2O6S. The predicted molar refractivity (Wildman–Crippen MR) is 111 cm³/mol. The lowest BCUT2D eigenvalue weighted by Gasteiger charge is -2.12. The fourth-order valence-corrected chi connectivity index (χ4v) is 4.11. The van der Waals surface area contributed by atoms with E-state index in [9.17, 15) is 18.3 Å². The smallest absolute Gasteiger partial charge is 0.261 e. The van der Waals surface area contributed by atoms with Gasteiger partial charge < -0.3 is 19.9 Å². The number of halogens is 1. The van der Waals surface area contributed by atoms with Crippen LogP contribution in [0.25, 0.3) is 0 Å². The van der Waals surface area contributed by atoms with Gasteiger partial charge in [0.2, 0.25) is 6.79 Å². The predicted octanol–water partition coefficient (Wildman–Crippen LogP) is 3.83. The van der Waals surface area contributed by atoms with Crippen LogP contribution in [0.4, 0.5) is 11.4 Å². The van der Waals surface area contributed by atoms with Crippen molar-refractivity contribution < 1.29 is 27.8 Å². The van der Waals surface area contributed by atoms with Gasteiger partial charge in [-0.25, -0.2) is 8.42 Å². The van der Waals surface area contributed by atoms with E-state index in [0.29, 0.717) is 10.8 Å². The maximum Gasteiger partial charge on any atom is 0.261 e. The van der Waals surface area contributed by atoms with Gasteiger partial charge in [-0.05, 0) is 48.5 Å². The quantitative estimate of drug-likeness (QED) is 0.513. The molecule has 1 amide bonds. The van der Waals surface area contributed by atoms with Crippen LogP contribution in [0.1, 0.15) is 10.4 Å². The van der Waals surface area contributed by atoms with Crippen molar-refractivity contribution in [1.29, 1.82) is 0 Å². The largest absolute Gasteiger partial charge is 0.506 e. The Morgan fingerprint density at radius 2 is 1.83 bits per heavy atom. The molecule has 0 spiro atoms. The number of benzene rings is 3. The van der Waals surface area contributed by atoms with Crippen molar-refractivity contribution in [2.24, 2.45) is 0 Å². The van der Waals surface area contributed by atoms with Crippen LogP contribution in [-0.4, -0.2) is 26.2 Å². The Morgan fingerprint density at radius 1 is 1.03 bits per heavy atom. The summed E-state index contributed by atoms with van der Waals surface area (Å²) >= 11 is 5.89. The van der Waals surface area contributed by atoms with Crippen molar-refractivity contribution in [3.8, 4) is 17.2 Å². The molecule has 0 bridgehead atoms. The third kappa shape index (κ3) is 3.98. The van der Waals surface area contributed by atoms with E-state index in [1.165, 1.54) is 24.3 Å². The van der Waals surface area contributed by atoms with E-state index in [1.807, 2.05) is 0 Å². The molecule has 1 aliphatic heterocycles. The monoisotopic (exact) mass is 446 g/mol. The Kier molecular flexibility index (Phi) is 5.15. The number of hydrogen-bond donors (Lipinski definition) is 3. The molecular weight excluding hydrogens is 432 g/mol. The second-order valence-electron chi connectivity index (χ2n) is 6.29. The van der Waals surface area contributed by atoms with Gasteiger partial charge in [-0.3, -0.25) is 9.52 Å². The van der Waals surface area contributed by atoms with E-state index in [4.69, 9.17) is 21.1 Å². The highest BCUT2D eigenvalue weighted by Crippen LogP contribution is 2.36. The third-order valence-electron chi connectivity index (χ3n) is 4.24. The molecule has 0 unspecified atom stereocenters. The van der Waals surface area contributed by atoms with Gasteiger partial charge in [0.1, 0.15) is 5.75 Å². The number of anilines is 2. The van der Waals surface area contributed by atoms with E-state index in [1.54, 1.807) is 30.3 Å². The Hall–Kier alpha value is -3.43. The molecule has 10 heteroatoms. The minimum Gasteiger partial charge on any atom is -0.506 e. The summed E-state index contributed by atoms with van der Waals surface area (Å²) in [6.45, 7) is -0.00617. The number of hydrogen-bond acceptors (Lipinski definition) is 6. The van der Waals surface area contributed by atoms with Crippen molar-refractivity contribution in [2.75, 3.05) is 16.8 Å². The minimum atomic E-state index is -4.00. The van der Waals surface area contributed by atoms with Crippen LogP contribution in [0.2, 0.25) is 5.02 Å². The fraction of sp³-hybridized carbons (Fsp3) is 0.0500. The van der Waals surface area contributed by atoms with Crippen LogP contribution in [0.3, 0.4) is 0 Å². The number of aromatic hydroxyl groups is 1. The Bertz CT molecular complexity index is 1250. The molecule has 8 nitrogen and oxygen atoms in total. The molecule has 1 heterocycles. The molecule has 0 atom stereocenters. The van der Waals surface area contributed by atoms with E-state index < -0.39 is 15.9 Å². The molecule has 0 saturated carbocycles. The summed E-state index contributed by atoms with van der Waals surface area (Å²) in [5, 5.41) is 13.0. The fourth-order valence-electron chi connectivity index (χ4n) is 2.85. The first kappa shape index (κ1) is 19.9. The molecule has 0 aromatic heterocycles. The first-order valence-corrected chi connectivity index (χ1v) is 10.5. The highest BCUT2D eigenvalue weighted by molar-refractivity contribution is 7.92. The van der Waals surface area contributed by atoms with E-state index in [-0.39, 0.29) is 40.1 Å². The summed E-state index contributed by atoms with van der Waals surface area (Å²) in [5.41, 5.74) is 0.387. The summed E-state index contributed by atoms with van der Waals surface area (Å²) in [6, 6.07) is 14.6. The number of nitrogens with one attached hydrogen (secondary N) is 2. The molecule has 3 N–H and O–H groups in total. The second-order valence-corrected chi connectivity index (χ2v) is 8.41. The Morgan fingerprint density at radius 3 is 2.63 bits per heavy atom. The third-order valence-corrected chi connectivity index (χ3v) is 5.86. The number of ether oxygens (including phenoxy) is 2. The van der Waals surface area contributed by atoms with Crippen molar-refractivity contribution in [2.45, 2.75) is 4.90 Å². The summed E-state index contributed by atoms with van der Waals surface area (Å²) in [5.74, 6) is -0.186. The van der Waals surface area contributed by atoms with Crippen LogP contribution in [0, 0.1) is 0 Å². The van der Waals surface area contributed by atoms with Gasteiger partial charge >= 0.3 is 0 Å². The number of phenols is 1. The van der Waals surface area contributed by atoms with Crippen LogP contribution in [0.15, 0.2) is 65.6 Å². The molecule has 4 rings (SSSR count). The number of carbonyl (C=O) groups is 1. The van der Waals surface area contributed by atoms with Crippen LogP contribution < -0.4 is 19.5 Å². The number of sulfonamides is 1. The molecule has 0 radical (unpaired) electrons. The molecule has 0 aliphatic carbocycles. The number of rotatable bonds is 5. The van der Waals surface area contributed by atoms with Crippen LogP contribution >= 0.6 is 11.6 Å². The van der Waals surface area contributed by atoms with Gasteiger partial charge in [-0.2, -0.15) is 0 Å².